The lowest BCUT2D eigenvalue weighted by Crippen LogP contribution is -2.35. The minimum atomic E-state index is -0.285. The van der Waals surface area contributed by atoms with Crippen LogP contribution in [0.5, 0.6) is 0 Å². The lowest BCUT2D eigenvalue weighted by molar-refractivity contribution is 0.214. The summed E-state index contributed by atoms with van der Waals surface area (Å²) in [5.74, 6) is -0.285. The van der Waals surface area contributed by atoms with E-state index in [-0.39, 0.29) is 5.82 Å². The molecule has 1 fully saturated rings. The van der Waals surface area contributed by atoms with Crippen LogP contribution in [0.1, 0.15) is 18.5 Å². The van der Waals surface area contributed by atoms with E-state index in [4.69, 9.17) is 11.6 Å². The molecule has 5 rings (SSSR count). The maximum absolute atomic E-state index is 14.6. The van der Waals surface area contributed by atoms with Crippen molar-refractivity contribution >= 4 is 22.6 Å². The highest BCUT2D eigenvalue weighted by Gasteiger charge is 2.34. The summed E-state index contributed by atoms with van der Waals surface area (Å²) >= 11 is 5.94. The van der Waals surface area contributed by atoms with Crippen molar-refractivity contribution in [2.45, 2.75) is 32.0 Å². The molecule has 0 unspecified atom stereocenters. The van der Waals surface area contributed by atoms with Crippen molar-refractivity contribution in [3.05, 3.63) is 53.1 Å². The molecule has 3 heterocycles. The summed E-state index contributed by atoms with van der Waals surface area (Å²) < 4.78 is 17.0. The minimum Gasteiger partial charge on any atom is -0.340 e. The van der Waals surface area contributed by atoms with Gasteiger partial charge in [-0.05, 0) is 43.2 Å². The average molecular weight is 342 g/mol. The molecule has 1 aliphatic heterocycles. The van der Waals surface area contributed by atoms with E-state index in [9.17, 15) is 4.39 Å². The first-order chi connectivity index (χ1) is 11.7. The topological polar surface area (TPSA) is 21.1 Å². The van der Waals surface area contributed by atoms with Gasteiger partial charge in [0.15, 0.2) is 0 Å². The Morgan fingerprint density at radius 2 is 2.04 bits per heavy atom. The molecule has 0 atom stereocenters. The van der Waals surface area contributed by atoms with E-state index < -0.39 is 0 Å². The number of aromatic nitrogens is 2. The Balaban J connectivity index is 1.76. The average Bonchev–Trinajstić information content (AvgIpc) is 3.38. The van der Waals surface area contributed by atoms with Gasteiger partial charge in [-0.25, -0.2) is 4.39 Å². The Bertz CT molecular complexity index is 945. The molecule has 2 aromatic heterocycles. The van der Waals surface area contributed by atoms with Crippen molar-refractivity contribution in [3.8, 4) is 11.1 Å². The Kier molecular flexibility index (Phi) is 3.19. The molecule has 24 heavy (non-hydrogen) atoms. The summed E-state index contributed by atoms with van der Waals surface area (Å²) in [6.45, 7) is 2.85. The highest BCUT2D eigenvalue weighted by atomic mass is 35.5. The van der Waals surface area contributed by atoms with Crippen LogP contribution in [0, 0.1) is 5.82 Å². The van der Waals surface area contributed by atoms with Crippen molar-refractivity contribution < 1.29 is 4.39 Å². The number of rotatable bonds is 2. The minimum absolute atomic E-state index is 0.285. The number of hydrogen-bond donors (Lipinski definition) is 0. The van der Waals surface area contributed by atoms with Crippen LogP contribution in [0.4, 0.5) is 4.39 Å². The van der Waals surface area contributed by atoms with Gasteiger partial charge in [0, 0.05) is 53.7 Å². The summed E-state index contributed by atoms with van der Waals surface area (Å²) in [5, 5.41) is 0.418. The smallest absolute Gasteiger partial charge is 0.132 e. The standard InChI is InChI=1S/C19H17ClFN3/c20-12-3-6-14(15(21)10-12)18-17-11-23(13-4-5-13)8-9-24(17)16-2-1-7-22-19(16)18/h1-3,6-7,10,13H,4-5,8-9,11H2. The second-order valence-electron chi connectivity index (χ2n) is 6.67. The van der Waals surface area contributed by atoms with E-state index >= 15 is 0 Å². The molecular formula is C19H17ClFN3. The zero-order valence-electron chi connectivity index (χ0n) is 13.2. The fourth-order valence-electron chi connectivity index (χ4n) is 3.87. The highest BCUT2D eigenvalue weighted by molar-refractivity contribution is 6.30. The first-order valence-corrected chi connectivity index (χ1v) is 8.76. The SMILES string of the molecule is Fc1cc(Cl)ccc1-c1c2n(c3cccnc13)CCN(C1CC1)C2. The molecule has 5 heteroatoms. The summed E-state index contributed by atoms with van der Waals surface area (Å²) in [7, 11) is 0. The van der Waals surface area contributed by atoms with Crippen LogP contribution in [0.3, 0.4) is 0 Å². The number of benzene rings is 1. The normalized spacial score (nSPS) is 18.1. The van der Waals surface area contributed by atoms with Gasteiger partial charge >= 0.3 is 0 Å². The molecule has 1 aliphatic carbocycles. The van der Waals surface area contributed by atoms with Crippen molar-refractivity contribution in [2.24, 2.45) is 0 Å². The van der Waals surface area contributed by atoms with Gasteiger partial charge in [0.25, 0.3) is 0 Å². The number of fused-ring (bicyclic) bond motifs is 3. The van der Waals surface area contributed by atoms with Crippen LogP contribution in [0.15, 0.2) is 36.5 Å². The fraction of sp³-hybridized carbons (Fsp3) is 0.316. The molecule has 2 aliphatic rings. The van der Waals surface area contributed by atoms with E-state index in [1.807, 2.05) is 6.07 Å². The van der Waals surface area contributed by atoms with Crippen LogP contribution < -0.4 is 0 Å². The van der Waals surface area contributed by atoms with Gasteiger partial charge in [0.1, 0.15) is 5.82 Å². The molecular weight excluding hydrogens is 325 g/mol. The molecule has 0 bridgehead atoms. The zero-order chi connectivity index (χ0) is 16.3. The fourth-order valence-corrected chi connectivity index (χ4v) is 4.03. The van der Waals surface area contributed by atoms with Crippen molar-refractivity contribution in [1.82, 2.24) is 14.5 Å². The Labute approximate surface area is 144 Å². The van der Waals surface area contributed by atoms with Crippen molar-refractivity contribution in [2.75, 3.05) is 6.54 Å². The first-order valence-electron chi connectivity index (χ1n) is 8.38. The van der Waals surface area contributed by atoms with Crippen LogP contribution >= 0.6 is 11.6 Å². The van der Waals surface area contributed by atoms with Gasteiger partial charge in [-0.15, -0.1) is 0 Å². The van der Waals surface area contributed by atoms with E-state index in [0.717, 1.165) is 36.2 Å². The maximum Gasteiger partial charge on any atom is 0.132 e. The predicted octanol–water partition coefficient (Wildman–Crippen LogP) is 4.47. The van der Waals surface area contributed by atoms with E-state index in [1.54, 1.807) is 18.3 Å². The summed E-state index contributed by atoms with van der Waals surface area (Å²) in [4.78, 5) is 7.09. The second-order valence-corrected chi connectivity index (χ2v) is 7.11. The highest BCUT2D eigenvalue weighted by Crippen LogP contribution is 2.40. The molecule has 0 N–H and O–H groups in total. The van der Waals surface area contributed by atoms with Crippen molar-refractivity contribution in [3.63, 3.8) is 0 Å². The van der Waals surface area contributed by atoms with Gasteiger partial charge in [-0.2, -0.15) is 0 Å². The van der Waals surface area contributed by atoms with Gasteiger partial charge in [0.2, 0.25) is 0 Å². The number of pyridine rings is 1. The number of nitrogens with zero attached hydrogens (tertiary/aromatic N) is 3. The summed E-state index contributed by atoms with van der Waals surface area (Å²) in [5.41, 5.74) is 4.65. The Hall–Kier alpha value is -1.91. The van der Waals surface area contributed by atoms with Crippen LogP contribution in [-0.2, 0) is 13.1 Å². The van der Waals surface area contributed by atoms with Crippen LogP contribution in [-0.4, -0.2) is 27.0 Å². The molecule has 122 valence electrons. The van der Waals surface area contributed by atoms with E-state index in [2.05, 4.69) is 20.5 Å². The van der Waals surface area contributed by atoms with Gasteiger partial charge in [-0.1, -0.05) is 11.6 Å². The quantitative estimate of drug-likeness (QED) is 0.685. The summed E-state index contributed by atoms with van der Waals surface area (Å²) in [6, 6.07) is 9.64. The lowest BCUT2D eigenvalue weighted by atomic mass is 10.0. The van der Waals surface area contributed by atoms with Gasteiger partial charge < -0.3 is 4.57 Å². The van der Waals surface area contributed by atoms with E-state index in [1.165, 1.54) is 24.6 Å². The van der Waals surface area contributed by atoms with Gasteiger partial charge in [-0.3, -0.25) is 9.88 Å². The predicted molar refractivity (Wildman–Crippen MR) is 93.6 cm³/mol. The molecule has 0 amide bonds. The van der Waals surface area contributed by atoms with Crippen molar-refractivity contribution in [1.29, 1.82) is 0 Å². The second kappa shape index (κ2) is 5.30. The maximum atomic E-state index is 14.6. The van der Waals surface area contributed by atoms with Crippen LogP contribution in [0.2, 0.25) is 5.02 Å². The number of halogens is 2. The molecule has 3 nitrogen and oxygen atoms in total. The monoisotopic (exact) mass is 341 g/mol. The third-order valence-corrected chi connectivity index (χ3v) is 5.39. The third-order valence-electron chi connectivity index (χ3n) is 5.16. The molecule has 1 saturated carbocycles. The summed E-state index contributed by atoms with van der Waals surface area (Å²) in [6.07, 6.45) is 4.34. The first kappa shape index (κ1) is 14.4. The van der Waals surface area contributed by atoms with Gasteiger partial charge in [0.05, 0.1) is 11.0 Å². The van der Waals surface area contributed by atoms with E-state index in [0.29, 0.717) is 16.6 Å². The lowest BCUT2D eigenvalue weighted by Gasteiger charge is -2.29. The Morgan fingerprint density at radius 1 is 1.17 bits per heavy atom. The molecule has 3 aromatic rings. The largest absolute Gasteiger partial charge is 0.340 e. The molecule has 1 aromatic carbocycles. The molecule has 0 saturated heterocycles. The third kappa shape index (κ3) is 2.17. The zero-order valence-corrected chi connectivity index (χ0v) is 13.9. The molecule has 0 spiro atoms. The number of hydrogen-bond acceptors (Lipinski definition) is 2. The molecule has 0 radical (unpaired) electrons. The van der Waals surface area contributed by atoms with Crippen LogP contribution in [0.25, 0.3) is 22.2 Å². The Morgan fingerprint density at radius 3 is 2.83 bits per heavy atom.